The first-order chi connectivity index (χ1) is 14.1. The van der Waals surface area contributed by atoms with Crippen LogP contribution in [0.3, 0.4) is 0 Å². The predicted molar refractivity (Wildman–Crippen MR) is 116 cm³/mol. The van der Waals surface area contributed by atoms with Gasteiger partial charge in [0.05, 0.1) is 17.7 Å². The van der Waals surface area contributed by atoms with Crippen molar-refractivity contribution < 1.29 is 24.2 Å². The molecule has 1 N–H and O–H groups in total. The Labute approximate surface area is 181 Å². The molecule has 0 fully saturated rings. The Bertz CT molecular complexity index is 892. The zero-order valence-corrected chi connectivity index (χ0v) is 18.9. The third kappa shape index (κ3) is 5.44. The van der Waals surface area contributed by atoms with Crippen LogP contribution in [0.4, 0.5) is 0 Å². The van der Waals surface area contributed by atoms with E-state index in [-0.39, 0.29) is 11.7 Å². The molecule has 7 heteroatoms. The van der Waals surface area contributed by atoms with Gasteiger partial charge in [-0.2, -0.15) is 0 Å². The molecule has 0 bridgehead atoms. The van der Waals surface area contributed by atoms with E-state index in [9.17, 15) is 19.5 Å². The Morgan fingerprint density at radius 2 is 2.00 bits per heavy atom. The van der Waals surface area contributed by atoms with Crippen molar-refractivity contribution in [2.75, 3.05) is 0 Å². The zero-order valence-electron chi connectivity index (χ0n) is 18.1. The second-order valence-electron chi connectivity index (χ2n) is 8.15. The Morgan fingerprint density at radius 3 is 2.57 bits per heavy atom. The fraction of sp³-hybridized carbons (Fsp3) is 0.565. The van der Waals surface area contributed by atoms with Gasteiger partial charge in [0.25, 0.3) is 0 Å². The summed E-state index contributed by atoms with van der Waals surface area (Å²) in [4.78, 5) is 41.6. The summed E-state index contributed by atoms with van der Waals surface area (Å²) in [7, 11) is 0. The number of rotatable bonds is 9. The van der Waals surface area contributed by atoms with Crippen LogP contribution in [0.1, 0.15) is 64.6 Å². The number of carbonyl (C=O) groups is 3. The van der Waals surface area contributed by atoms with Gasteiger partial charge in [-0.1, -0.05) is 20.8 Å². The van der Waals surface area contributed by atoms with Crippen LogP contribution < -0.4 is 0 Å². The number of thiazole rings is 1. The number of ketones is 2. The summed E-state index contributed by atoms with van der Waals surface area (Å²) in [5.74, 6) is -0.730. The first kappa shape index (κ1) is 24.0. The van der Waals surface area contributed by atoms with Crippen molar-refractivity contribution in [1.82, 2.24) is 4.98 Å². The maximum Gasteiger partial charge on any atom is 0.313 e. The number of aliphatic hydroxyl groups is 1. The number of ether oxygens (including phenoxy) is 1. The molecule has 0 aromatic carbocycles. The first-order valence-corrected chi connectivity index (χ1v) is 11.0. The minimum absolute atomic E-state index is 0.100. The molecule has 0 radical (unpaired) electrons. The van der Waals surface area contributed by atoms with Gasteiger partial charge in [0.2, 0.25) is 0 Å². The molecule has 1 aliphatic rings. The Hall–Kier alpha value is -2.30. The van der Waals surface area contributed by atoms with E-state index in [1.54, 1.807) is 6.92 Å². The summed E-state index contributed by atoms with van der Waals surface area (Å²) in [6.45, 7) is 8.59. The fourth-order valence-electron chi connectivity index (χ4n) is 3.63. The van der Waals surface area contributed by atoms with Crippen LogP contribution in [0.15, 0.2) is 11.0 Å². The van der Waals surface area contributed by atoms with Gasteiger partial charge in [0.15, 0.2) is 10.8 Å². The van der Waals surface area contributed by atoms with E-state index in [1.807, 2.05) is 26.2 Å². The van der Waals surface area contributed by atoms with E-state index in [4.69, 9.17) is 11.2 Å². The summed E-state index contributed by atoms with van der Waals surface area (Å²) < 4.78 is 5.51. The molecule has 6 nitrogen and oxygen atoms in total. The van der Waals surface area contributed by atoms with Crippen molar-refractivity contribution in [2.24, 2.45) is 17.8 Å². The molecule has 1 heterocycles. The summed E-state index contributed by atoms with van der Waals surface area (Å²) in [6.07, 6.45) is 5.00. The smallest absolute Gasteiger partial charge is 0.313 e. The van der Waals surface area contributed by atoms with Gasteiger partial charge in [0.1, 0.15) is 18.3 Å². The Kier molecular flexibility index (Phi) is 8.10. The molecule has 162 valence electrons. The van der Waals surface area contributed by atoms with E-state index in [1.165, 1.54) is 18.3 Å². The van der Waals surface area contributed by atoms with Crippen LogP contribution in [0.5, 0.6) is 0 Å². The van der Waals surface area contributed by atoms with Crippen LogP contribution in [-0.4, -0.2) is 39.8 Å². The standard InChI is InChI=1S/C23H29NO5S/c1-7-20-24-17(11-30-20)16-8-9-19(13(16)4)29-21(26)10-18(25)14(5)23(28)15(6)22(27)12(2)3/h1,11-12,14-15,19,22,27H,8-10H2,2-6H3/t14-,15+,19?,22?/m0/s1. The van der Waals surface area contributed by atoms with Crippen molar-refractivity contribution >= 4 is 34.4 Å². The topological polar surface area (TPSA) is 93.6 Å². The van der Waals surface area contributed by atoms with Crippen LogP contribution in [-0.2, 0) is 19.1 Å². The highest BCUT2D eigenvalue weighted by Crippen LogP contribution is 2.36. The molecule has 0 saturated carbocycles. The van der Waals surface area contributed by atoms with Crippen LogP contribution in [0, 0.1) is 30.1 Å². The molecule has 30 heavy (non-hydrogen) atoms. The van der Waals surface area contributed by atoms with Crippen LogP contribution >= 0.6 is 11.3 Å². The number of Topliss-reactive ketones (excluding diaryl/α,β-unsaturated/α-hetero) is 2. The number of aliphatic hydroxyl groups excluding tert-OH is 1. The van der Waals surface area contributed by atoms with Crippen molar-refractivity contribution in [3.05, 3.63) is 21.7 Å². The molecule has 1 aromatic rings. The van der Waals surface area contributed by atoms with Gasteiger partial charge >= 0.3 is 5.97 Å². The monoisotopic (exact) mass is 431 g/mol. The lowest BCUT2D eigenvalue weighted by Gasteiger charge is -2.23. The summed E-state index contributed by atoms with van der Waals surface area (Å²) in [6, 6.07) is 0. The van der Waals surface area contributed by atoms with Gasteiger partial charge in [-0.15, -0.1) is 17.8 Å². The summed E-state index contributed by atoms with van der Waals surface area (Å²) in [5, 5.41) is 12.6. The third-order valence-corrected chi connectivity index (χ3v) is 6.47. The van der Waals surface area contributed by atoms with Crippen molar-refractivity contribution in [2.45, 2.75) is 66.1 Å². The number of terminal acetylenes is 1. The fourth-order valence-corrected chi connectivity index (χ4v) is 4.27. The van der Waals surface area contributed by atoms with E-state index >= 15 is 0 Å². The van der Waals surface area contributed by atoms with Gasteiger partial charge in [-0.3, -0.25) is 14.4 Å². The van der Waals surface area contributed by atoms with Crippen molar-refractivity contribution in [3.8, 4) is 12.3 Å². The van der Waals surface area contributed by atoms with Crippen LogP contribution in [0.2, 0.25) is 0 Å². The number of nitrogens with zero attached hydrogens (tertiary/aromatic N) is 1. The van der Waals surface area contributed by atoms with E-state index in [2.05, 4.69) is 10.9 Å². The van der Waals surface area contributed by atoms with Crippen molar-refractivity contribution in [1.29, 1.82) is 0 Å². The predicted octanol–water partition coefficient (Wildman–Crippen LogP) is 3.42. The number of allylic oxidation sites excluding steroid dienone is 1. The second kappa shape index (κ2) is 10.1. The molecule has 2 unspecified atom stereocenters. The highest BCUT2D eigenvalue weighted by molar-refractivity contribution is 7.10. The Morgan fingerprint density at radius 1 is 1.33 bits per heavy atom. The highest BCUT2D eigenvalue weighted by Gasteiger charge is 2.33. The molecule has 4 atom stereocenters. The quantitative estimate of drug-likeness (QED) is 0.366. The largest absolute Gasteiger partial charge is 0.457 e. The Balaban J connectivity index is 1.96. The average molecular weight is 432 g/mol. The van der Waals surface area contributed by atoms with Gasteiger partial charge < -0.3 is 9.84 Å². The van der Waals surface area contributed by atoms with Gasteiger partial charge in [0, 0.05) is 11.3 Å². The van der Waals surface area contributed by atoms with Crippen molar-refractivity contribution in [3.63, 3.8) is 0 Å². The molecular formula is C23H29NO5S. The number of carbonyl (C=O) groups excluding carboxylic acids is 3. The first-order valence-electron chi connectivity index (χ1n) is 10.1. The highest BCUT2D eigenvalue weighted by atomic mass is 32.1. The second-order valence-corrected chi connectivity index (χ2v) is 9.01. The number of aromatic nitrogens is 1. The SMILES string of the molecule is C#Cc1nc(C2=C(C)C(OC(=O)CC(=O)[C@H](C)C(=O)[C@H](C)C(O)C(C)C)CC2)cs1. The van der Waals surface area contributed by atoms with Crippen LogP contribution in [0.25, 0.3) is 5.57 Å². The molecule has 0 aliphatic heterocycles. The minimum Gasteiger partial charge on any atom is -0.457 e. The maximum absolute atomic E-state index is 12.5. The molecule has 1 aliphatic carbocycles. The molecule has 2 rings (SSSR count). The van der Waals surface area contributed by atoms with E-state index in [0.29, 0.717) is 17.8 Å². The summed E-state index contributed by atoms with van der Waals surface area (Å²) >= 11 is 1.39. The number of hydrogen-bond acceptors (Lipinski definition) is 7. The maximum atomic E-state index is 12.5. The third-order valence-electron chi connectivity index (χ3n) is 5.70. The van der Waals surface area contributed by atoms with Gasteiger partial charge in [-0.05, 0) is 49.7 Å². The molecular weight excluding hydrogens is 402 g/mol. The minimum atomic E-state index is -0.964. The number of hydrogen-bond donors (Lipinski definition) is 1. The lowest BCUT2D eigenvalue weighted by Crippen LogP contribution is -2.36. The van der Waals surface area contributed by atoms with E-state index in [0.717, 1.165) is 16.8 Å². The van der Waals surface area contributed by atoms with E-state index < -0.39 is 42.2 Å². The zero-order chi connectivity index (χ0) is 22.6. The number of esters is 1. The summed E-state index contributed by atoms with van der Waals surface area (Å²) in [5.41, 5.74) is 2.72. The molecule has 1 aromatic heterocycles. The molecule has 0 spiro atoms. The lowest BCUT2D eigenvalue weighted by molar-refractivity contribution is -0.150. The van der Waals surface area contributed by atoms with Gasteiger partial charge in [-0.25, -0.2) is 4.98 Å². The normalized spacial score (nSPS) is 19.3. The molecule has 0 saturated heterocycles. The lowest BCUT2D eigenvalue weighted by atomic mass is 9.84. The average Bonchev–Trinajstić information content (AvgIpc) is 3.32. The molecule has 0 amide bonds.